The quantitative estimate of drug-likeness (QED) is 0.815. The second kappa shape index (κ2) is 4.13. The van der Waals surface area contributed by atoms with Gasteiger partial charge < -0.3 is 15.2 Å². The van der Waals surface area contributed by atoms with Crippen LogP contribution >= 0.6 is 11.6 Å². The fraction of sp³-hybridized carbons (Fsp3) is 0.444. The first kappa shape index (κ1) is 9.71. The van der Waals surface area contributed by atoms with Crippen LogP contribution in [-0.2, 0) is 11.3 Å². The van der Waals surface area contributed by atoms with Gasteiger partial charge in [-0.15, -0.1) is 0 Å². The molecule has 0 atom stereocenters. The van der Waals surface area contributed by atoms with Crippen LogP contribution in [0.3, 0.4) is 0 Å². The SMILES string of the molecule is NCc1nc(OC2COC2)ccc1Cl. The summed E-state index contributed by atoms with van der Waals surface area (Å²) < 4.78 is 10.5. The van der Waals surface area contributed by atoms with Crippen LogP contribution in [0.5, 0.6) is 5.88 Å². The van der Waals surface area contributed by atoms with Crippen molar-refractivity contribution in [3.63, 3.8) is 0 Å². The molecular weight excluding hydrogens is 204 g/mol. The second-order valence-corrected chi connectivity index (χ2v) is 3.47. The lowest BCUT2D eigenvalue weighted by atomic mass is 10.3. The van der Waals surface area contributed by atoms with Crippen molar-refractivity contribution >= 4 is 11.6 Å². The first-order valence-electron chi connectivity index (χ1n) is 4.39. The zero-order valence-electron chi connectivity index (χ0n) is 7.57. The largest absolute Gasteiger partial charge is 0.469 e. The van der Waals surface area contributed by atoms with E-state index in [0.29, 0.717) is 36.4 Å². The van der Waals surface area contributed by atoms with Crippen LogP contribution in [0.1, 0.15) is 5.69 Å². The van der Waals surface area contributed by atoms with Gasteiger partial charge in [0.15, 0.2) is 0 Å². The summed E-state index contributed by atoms with van der Waals surface area (Å²) in [5, 5.41) is 0.574. The van der Waals surface area contributed by atoms with E-state index < -0.39 is 0 Å². The highest BCUT2D eigenvalue weighted by Gasteiger charge is 2.20. The highest BCUT2D eigenvalue weighted by Crippen LogP contribution is 2.19. The summed E-state index contributed by atoms with van der Waals surface area (Å²) in [7, 11) is 0. The molecule has 0 radical (unpaired) electrons. The first-order valence-corrected chi connectivity index (χ1v) is 4.77. The monoisotopic (exact) mass is 214 g/mol. The first-order chi connectivity index (χ1) is 6.79. The number of pyridine rings is 1. The molecule has 0 unspecified atom stereocenters. The molecule has 1 aliphatic rings. The van der Waals surface area contributed by atoms with Crippen LogP contribution in [0, 0.1) is 0 Å². The Bertz CT molecular complexity index is 329. The van der Waals surface area contributed by atoms with E-state index in [4.69, 9.17) is 26.8 Å². The fourth-order valence-corrected chi connectivity index (χ4v) is 1.31. The van der Waals surface area contributed by atoms with Crippen LogP contribution in [0.15, 0.2) is 12.1 Å². The van der Waals surface area contributed by atoms with Gasteiger partial charge >= 0.3 is 0 Å². The summed E-state index contributed by atoms with van der Waals surface area (Å²) in [5.74, 6) is 0.558. The van der Waals surface area contributed by atoms with Crippen molar-refractivity contribution in [2.45, 2.75) is 12.6 Å². The lowest BCUT2D eigenvalue weighted by Gasteiger charge is -2.26. The number of ether oxygens (including phenoxy) is 2. The molecule has 1 aromatic heterocycles. The van der Waals surface area contributed by atoms with Crippen molar-refractivity contribution in [1.82, 2.24) is 4.98 Å². The maximum absolute atomic E-state index is 5.86. The Morgan fingerprint density at radius 1 is 1.57 bits per heavy atom. The van der Waals surface area contributed by atoms with Gasteiger partial charge in [-0.3, -0.25) is 0 Å². The molecule has 0 bridgehead atoms. The van der Waals surface area contributed by atoms with Crippen LogP contribution in [0.4, 0.5) is 0 Å². The predicted molar refractivity (Wildman–Crippen MR) is 52.4 cm³/mol. The molecule has 0 spiro atoms. The van der Waals surface area contributed by atoms with E-state index in [-0.39, 0.29) is 6.10 Å². The number of nitrogens with zero attached hydrogens (tertiary/aromatic N) is 1. The molecule has 1 fully saturated rings. The molecule has 0 aliphatic carbocycles. The van der Waals surface area contributed by atoms with E-state index in [1.54, 1.807) is 12.1 Å². The summed E-state index contributed by atoms with van der Waals surface area (Å²) >= 11 is 5.86. The summed E-state index contributed by atoms with van der Waals surface area (Å²) in [6.07, 6.45) is 0.120. The Balaban J connectivity index is 2.09. The maximum atomic E-state index is 5.86. The van der Waals surface area contributed by atoms with Gasteiger partial charge in [-0.25, -0.2) is 4.98 Å². The summed E-state index contributed by atoms with van der Waals surface area (Å²) in [6, 6.07) is 3.48. The molecular formula is C9H11ClN2O2. The van der Waals surface area contributed by atoms with Gasteiger partial charge in [-0.2, -0.15) is 0 Å². The van der Waals surface area contributed by atoms with Crippen molar-refractivity contribution in [3.8, 4) is 5.88 Å². The van der Waals surface area contributed by atoms with Crippen molar-refractivity contribution in [3.05, 3.63) is 22.8 Å². The Kier molecular flexibility index (Phi) is 2.86. The van der Waals surface area contributed by atoms with Crippen molar-refractivity contribution in [1.29, 1.82) is 0 Å². The van der Waals surface area contributed by atoms with Crippen LogP contribution in [0.25, 0.3) is 0 Å². The molecule has 2 N–H and O–H groups in total. The topological polar surface area (TPSA) is 57.4 Å². The molecule has 4 nitrogen and oxygen atoms in total. The second-order valence-electron chi connectivity index (χ2n) is 3.06. The zero-order valence-corrected chi connectivity index (χ0v) is 8.33. The number of halogens is 1. The lowest BCUT2D eigenvalue weighted by Crippen LogP contribution is -2.38. The predicted octanol–water partition coefficient (Wildman–Crippen LogP) is 0.971. The van der Waals surface area contributed by atoms with Gasteiger partial charge in [-0.1, -0.05) is 11.6 Å². The highest BCUT2D eigenvalue weighted by atomic mass is 35.5. The van der Waals surface area contributed by atoms with Crippen LogP contribution < -0.4 is 10.5 Å². The van der Waals surface area contributed by atoms with E-state index >= 15 is 0 Å². The van der Waals surface area contributed by atoms with E-state index in [1.165, 1.54) is 0 Å². The number of aromatic nitrogens is 1. The summed E-state index contributed by atoms with van der Waals surface area (Å²) in [6.45, 7) is 1.57. The third kappa shape index (κ3) is 1.97. The number of rotatable bonds is 3. The molecule has 2 heterocycles. The molecule has 0 amide bonds. The Hall–Kier alpha value is -0.840. The minimum atomic E-state index is 0.120. The average molecular weight is 215 g/mol. The van der Waals surface area contributed by atoms with Gasteiger partial charge in [-0.05, 0) is 6.07 Å². The number of hydrogen-bond acceptors (Lipinski definition) is 4. The molecule has 76 valence electrons. The molecule has 5 heteroatoms. The molecule has 1 aliphatic heterocycles. The standard InChI is InChI=1S/C9H11ClN2O2/c10-7-1-2-9(12-8(7)3-11)14-6-4-13-5-6/h1-2,6H,3-5,11H2. The number of hydrogen-bond donors (Lipinski definition) is 1. The Morgan fingerprint density at radius 2 is 2.36 bits per heavy atom. The van der Waals surface area contributed by atoms with Crippen LogP contribution in [-0.4, -0.2) is 24.3 Å². The maximum Gasteiger partial charge on any atom is 0.214 e. The highest BCUT2D eigenvalue weighted by molar-refractivity contribution is 6.31. The summed E-state index contributed by atoms with van der Waals surface area (Å²) in [5.41, 5.74) is 6.13. The lowest BCUT2D eigenvalue weighted by molar-refractivity contribution is -0.0813. The average Bonchev–Trinajstić information content (AvgIpc) is 2.14. The van der Waals surface area contributed by atoms with Gasteiger partial charge in [0.05, 0.1) is 23.9 Å². The summed E-state index contributed by atoms with van der Waals surface area (Å²) in [4.78, 5) is 4.18. The minimum Gasteiger partial charge on any atom is -0.469 e. The molecule has 0 saturated carbocycles. The van der Waals surface area contributed by atoms with Crippen molar-refractivity contribution in [2.75, 3.05) is 13.2 Å². The van der Waals surface area contributed by atoms with Gasteiger partial charge in [0.25, 0.3) is 0 Å². The number of nitrogens with two attached hydrogens (primary N) is 1. The van der Waals surface area contributed by atoms with E-state index in [2.05, 4.69) is 4.98 Å². The van der Waals surface area contributed by atoms with Crippen molar-refractivity contribution in [2.24, 2.45) is 5.73 Å². The normalized spacial score (nSPS) is 16.4. The zero-order chi connectivity index (χ0) is 9.97. The molecule has 1 saturated heterocycles. The van der Waals surface area contributed by atoms with Gasteiger partial charge in [0.2, 0.25) is 5.88 Å². The third-order valence-corrected chi connectivity index (χ3v) is 2.33. The third-order valence-electron chi connectivity index (χ3n) is 1.98. The molecule has 14 heavy (non-hydrogen) atoms. The van der Waals surface area contributed by atoms with E-state index in [0.717, 1.165) is 0 Å². The fourth-order valence-electron chi connectivity index (χ4n) is 1.13. The van der Waals surface area contributed by atoms with Crippen molar-refractivity contribution < 1.29 is 9.47 Å². The van der Waals surface area contributed by atoms with E-state index in [1.807, 2.05) is 0 Å². The van der Waals surface area contributed by atoms with Gasteiger partial charge in [0.1, 0.15) is 6.10 Å². The van der Waals surface area contributed by atoms with Gasteiger partial charge in [0, 0.05) is 12.6 Å². The molecule has 1 aromatic rings. The Morgan fingerprint density at radius 3 is 2.93 bits per heavy atom. The van der Waals surface area contributed by atoms with E-state index in [9.17, 15) is 0 Å². The van der Waals surface area contributed by atoms with Crippen LogP contribution in [0.2, 0.25) is 5.02 Å². The smallest absolute Gasteiger partial charge is 0.214 e. The minimum absolute atomic E-state index is 0.120. The molecule has 2 rings (SSSR count). The Labute approximate surface area is 87.0 Å². The molecule has 0 aromatic carbocycles.